The second-order valence-electron chi connectivity index (χ2n) is 5.62. The average molecular weight is 266 g/mol. The molecule has 1 aromatic rings. The van der Waals surface area contributed by atoms with Crippen molar-refractivity contribution in [3.05, 3.63) is 21.4 Å². The largest absolute Gasteiger partial charge is 0.311 e. The normalized spacial score (nSPS) is 25.6. The topological polar surface area (TPSA) is 15.3 Å². The predicted octanol–water partition coefficient (Wildman–Crippen LogP) is 3.33. The Morgan fingerprint density at radius 2 is 2.22 bits per heavy atom. The number of nitrogens with one attached hydrogen (secondary N) is 1. The van der Waals surface area contributed by atoms with Crippen LogP contribution in [0.4, 0.5) is 0 Å². The summed E-state index contributed by atoms with van der Waals surface area (Å²) in [5.74, 6) is 0. The maximum Gasteiger partial charge on any atom is 0.0332 e. The van der Waals surface area contributed by atoms with Crippen molar-refractivity contribution >= 4 is 11.3 Å². The number of piperazine rings is 1. The number of nitrogens with zero attached hydrogens (tertiary/aromatic N) is 1. The molecule has 0 amide bonds. The van der Waals surface area contributed by atoms with Gasteiger partial charge in [0.25, 0.3) is 0 Å². The fourth-order valence-corrected chi connectivity index (χ4v) is 3.76. The summed E-state index contributed by atoms with van der Waals surface area (Å²) in [5, 5.41) is 3.66. The number of rotatable bonds is 4. The monoisotopic (exact) mass is 266 g/mol. The number of aryl methyl sites for hydroxylation is 2. The maximum absolute atomic E-state index is 3.66. The fourth-order valence-electron chi connectivity index (χ4n) is 2.68. The van der Waals surface area contributed by atoms with Crippen LogP contribution in [0.3, 0.4) is 0 Å². The molecule has 0 spiro atoms. The molecule has 2 nitrogen and oxygen atoms in total. The third-order valence-corrected chi connectivity index (χ3v) is 5.13. The maximum atomic E-state index is 3.66. The van der Waals surface area contributed by atoms with E-state index in [2.05, 4.69) is 44.0 Å². The van der Waals surface area contributed by atoms with Crippen molar-refractivity contribution in [2.75, 3.05) is 13.1 Å². The van der Waals surface area contributed by atoms with E-state index in [1.807, 2.05) is 11.3 Å². The number of hydrogen-bond acceptors (Lipinski definition) is 3. The van der Waals surface area contributed by atoms with Gasteiger partial charge in [-0.1, -0.05) is 13.3 Å². The van der Waals surface area contributed by atoms with Gasteiger partial charge in [0.15, 0.2) is 0 Å². The van der Waals surface area contributed by atoms with Crippen molar-refractivity contribution in [1.82, 2.24) is 10.2 Å². The standard InChI is InChI=1S/C15H26N2S/c1-5-6-14-9-17(12(3)8-16-14)10-15-7-11(2)13(4)18-15/h7,12,14,16H,5-6,8-10H2,1-4H3. The van der Waals surface area contributed by atoms with Crippen LogP contribution in [0, 0.1) is 13.8 Å². The Hall–Kier alpha value is -0.380. The third kappa shape index (κ3) is 3.34. The van der Waals surface area contributed by atoms with E-state index in [0.29, 0.717) is 12.1 Å². The van der Waals surface area contributed by atoms with Gasteiger partial charge in [-0.05, 0) is 38.8 Å². The third-order valence-electron chi connectivity index (χ3n) is 3.99. The summed E-state index contributed by atoms with van der Waals surface area (Å²) in [6, 6.07) is 3.71. The molecule has 0 saturated carbocycles. The molecular formula is C15H26N2S. The van der Waals surface area contributed by atoms with E-state index in [1.165, 1.54) is 34.7 Å². The van der Waals surface area contributed by atoms with Crippen LogP contribution >= 0.6 is 11.3 Å². The zero-order valence-electron chi connectivity index (χ0n) is 12.1. The van der Waals surface area contributed by atoms with Crippen LogP contribution in [0.1, 0.15) is 42.0 Å². The Balaban J connectivity index is 1.97. The van der Waals surface area contributed by atoms with Gasteiger partial charge in [0.2, 0.25) is 0 Å². The van der Waals surface area contributed by atoms with Crippen LogP contribution in [0.2, 0.25) is 0 Å². The first-order valence-electron chi connectivity index (χ1n) is 7.13. The highest BCUT2D eigenvalue weighted by atomic mass is 32.1. The lowest BCUT2D eigenvalue weighted by Gasteiger charge is -2.38. The summed E-state index contributed by atoms with van der Waals surface area (Å²) in [5.41, 5.74) is 1.45. The van der Waals surface area contributed by atoms with Gasteiger partial charge in [0.1, 0.15) is 0 Å². The lowest BCUT2D eigenvalue weighted by Crippen LogP contribution is -2.54. The highest BCUT2D eigenvalue weighted by Crippen LogP contribution is 2.23. The second-order valence-corrected chi connectivity index (χ2v) is 6.97. The smallest absolute Gasteiger partial charge is 0.0332 e. The predicted molar refractivity (Wildman–Crippen MR) is 80.4 cm³/mol. The Kier molecular flexibility index (Phi) is 4.82. The molecule has 1 saturated heterocycles. The summed E-state index contributed by atoms with van der Waals surface area (Å²) >= 11 is 1.96. The Labute approximate surface area is 115 Å². The number of thiophene rings is 1. The fraction of sp³-hybridized carbons (Fsp3) is 0.733. The van der Waals surface area contributed by atoms with E-state index in [9.17, 15) is 0 Å². The molecule has 3 heteroatoms. The lowest BCUT2D eigenvalue weighted by molar-refractivity contribution is 0.130. The summed E-state index contributed by atoms with van der Waals surface area (Å²) in [4.78, 5) is 5.63. The van der Waals surface area contributed by atoms with Gasteiger partial charge in [0, 0.05) is 41.5 Å². The SMILES string of the molecule is CCCC1CN(Cc2cc(C)c(C)s2)C(C)CN1. The first-order chi connectivity index (χ1) is 8.60. The van der Waals surface area contributed by atoms with Crippen LogP contribution in [-0.4, -0.2) is 30.1 Å². The van der Waals surface area contributed by atoms with Crippen molar-refractivity contribution in [2.24, 2.45) is 0 Å². The van der Waals surface area contributed by atoms with Crippen molar-refractivity contribution in [2.45, 2.75) is 59.2 Å². The highest BCUT2D eigenvalue weighted by Gasteiger charge is 2.24. The van der Waals surface area contributed by atoms with Gasteiger partial charge < -0.3 is 5.32 Å². The molecule has 0 bridgehead atoms. The first-order valence-corrected chi connectivity index (χ1v) is 7.95. The molecule has 2 atom stereocenters. The van der Waals surface area contributed by atoms with Crippen molar-refractivity contribution in [3.8, 4) is 0 Å². The molecule has 102 valence electrons. The zero-order chi connectivity index (χ0) is 13.1. The average Bonchev–Trinajstić information content (AvgIpc) is 2.63. The van der Waals surface area contributed by atoms with Gasteiger partial charge in [-0.2, -0.15) is 0 Å². The minimum absolute atomic E-state index is 0.654. The second kappa shape index (κ2) is 6.18. The van der Waals surface area contributed by atoms with Crippen molar-refractivity contribution < 1.29 is 0 Å². The van der Waals surface area contributed by atoms with Crippen molar-refractivity contribution in [1.29, 1.82) is 0 Å². The van der Waals surface area contributed by atoms with Gasteiger partial charge >= 0.3 is 0 Å². The van der Waals surface area contributed by atoms with Crippen LogP contribution < -0.4 is 5.32 Å². The quantitative estimate of drug-likeness (QED) is 0.899. The summed E-state index contributed by atoms with van der Waals surface area (Å²) in [7, 11) is 0. The molecule has 1 N–H and O–H groups in total. The molecule has 2 heterocycles. The molecule has 1 fully saturated rings. The van der Waals surface area contributed by atoms with Gasteiger partial charge in [-0.25, -0.2) is 0 Å². The molecule has 1 aromatic heterocycles. The summed E-state index contributed by atoms with van der Waals surface area (Å²) in [6.07, 6.45) is 2.57. The molecule has 1 aliphatic heterocycles. The minimum Gasteiger partial charge on any atom is -0.311 e. The molecule has 2 unspecified atom stereocenters. The van der Waals surface area contributed by atoms with E-state index in [4.69, 9.17) is 0 Å². The van der Waals surface area contributed by atoms with E-state index in [-0.39, 0.29) is 0 Å². The molecule has 1 aliphatic rings. The molecule has 0 radical (unpaired) electrons. The highest BCUT2D eigenvalue weighted by molar-refractivity contribution is 7.12. The van der Waals surface area contributed by atoms with Gasteiger partial charge in [0.05, 0.1) is 0 Å². The lowest BCUT2D eigenvalue weighted by atomic mass is 10.1. The molecule has 18 heavy (non-hydrogen) atoms. The van der Waals surface area contributed by atoms with Crippen molar-refractivity contribution in [3.63, 3.8) is 0 Å². The van der Waals surface area contributed by atoms with E-state index >= 15 is 0 Å². The molecule has 0 aliphatic carbocycles. The minimum atomic E-state index is 0.654. The Bertz CT molecular complexity index is 366. The van der Waals surface area contributed by atoms with Crippen LogP contribution in [0.15, 0.2) is 6.07 Å². The van der Waals surface area contributed by atoms with Crippen LogP contribution in [0.5, 0.6) is 0 Å². The Morgan fingerprint density at radius 3 is 2.83 bits per heavy atom. The zero-order valence-corrected chi connectivity index (χ0v) is 12.9. The van der Waals surface area contributed by atoms with Crippen LogP contribution in [0.25, 0.3) is 0 Å². The molecule has 2 rings (SSSR count). The number of hydrogen-bond donors (Lipinski definition) is 1. The molecule has 0 aromatic carbocycles. The van der Waals surface area contributed by atoms with Gasteiger partial charge in [-0.15, -0.1) is 11.3 Å². The van der Waals surface area contributed by atoms with E-state index in [1.54, 1.807) is 0 Å². The summed E-state index contributed by atoms with van der Waals surface area (Å²) < 4.78 is 0. The molecular weight excluding hydrogens is 240 g/mol. The van der Waals surface area contributed by atoms with Gasteiger partial charge in [-0.3, -0.25) is 4.90 Å². The first kappa shape index (κ1) is 14.0. The summed E-state index contributed by atoms with van der Waals surface area (Å²) in [6.45, 7) is 12.5. The van der Waals surface area contributed by atoms with Crippen LogP contribution in [-0.2, 0) is 6.54 Å². The van der Waals surface area contributed by atoms with E-state index < -0.39 is 0 Å². The Morgan fingerprint density at radius 1 is 1.44 bits per heavy atom. The van der Waals surface area contributed by atoms with E-state index in [0.717, 1.165) is 13.1 Å².